The smallest absolute Gasteiger partial charge is 0.0530 e. The third kappa shape index (κ3) is 3.88. The molecule has 1 atom stereocenters. The van der Waals surface area contributed by atoms with Crippen molar-refractivity contribution in [1.29, 1.82) is 0 Å². The van der Waals surface area contributed by atoms with E-state index in [2.05, 4.69) is 50.0 Å². The van der Waals surface area contributed by atoms with Gasteiger partial charge >= 0.3 is 0 Å². The molecular weight excluding hydrogens is 182 g/mol. The molecule has 0 bridgehead atoms. The number of rotatable bonds is 6. The summed E-state index contributed by atoms with van der Waals surface area (Å²) < 4.78 is 0. The molecule has 0 amide bonds. The standard InChI is InChI=1S/C14H21N/c1-4-5-11-15-14(12(2)3)13-9-7-6-8-10-13/h6-10,14-15H,2,4-5,11H2,1,3H3. The summed E-state index contributed by atoms with van der Waals surface area (Å²) in [6, 6.07) is 10.8. The van der Waals surface area contributed by atoms with Crippen LogP contribution in [-0.2, 0) is 0 Å². The van der Waals surface area contributed by atoms with Gasteiger partial charge in [-0.3, -0.25) is 0 Å². The number of nitrogens with one attached hydrogen (secondary N) is 1. The van der Waals surface area contributed by atoms with E-state index in [0.29, 0.717) is 6.04 Å². The minimum atomic E-state index is 0.303. The lowest BCUT2D eigenvalue weighted by Crippen LogP contribution is -2.23. The monoisotopic (exact) mass is 203 g/mol. The quantitative estimate of drug-likeness (QED) is 0.549. The van der Waals surface area contributed by atoms with Crippen LogP contribution in [0.3, 0.4) is 0 Å². The molecule has 15 heavy (non-hydrogen) atoms. The van der Waals surface area contributed by atoms with Gasteiger partial charge in [-0.25, -0.2) is 0 Å². The number of hydrogen-bond acceptors (Lipinski definition) is 1. The fraction of sp³-hybridized carbons (Fsp3) is 0.429. The lowest BCUT2D eigenvalue weighted by atomic mass is 10.0. The predicted octanol–water partition coefficient (Wildman–Crippen LogP) is 3.69. The van der Waals surface area contributed by atoms with E-state index in [9.17, 15) is 0 Å². The Hall–Kier alpha value is -1.08. The van der Waals surface area contributed by atoms with Gasteiger partial charge in [0.15, 0.2) is 0 Å². The normalized spacial score (nSPS) is 12.4. The molecule has 1 aromatic carbocycles. The molecule has 0 spiro atoms. The first-order valence-electron chi connectivity index (χ1n) is 5.69. The molecule has 1 heteroatoms. The van der Waals surface area contributed by atoms with Gasteiger partial charge in [0.05, 0.1) is 6.04 Å². The van der Waals surface area contributed by atoms with E-state index in [1.54, 1.807) is 0 Å². The third-order valence-electron chi connectivity index (χ3n) is 2.50. The van der Waals surface area contributed by atoms with Crippen molar-refractivity contribution in [3.05, 3.63) is 48.0 Å². The number of unbranched alkanes of at least 4 members (excludes halogenated alkanes) is 1. The highest BCUT2D eigenvalue weighted by Gasteiger charge is 2.09. The van der Waals surface area contributed by atoms with Crippen LogP contribution in [0.15, 0.2) is 42.5 Å². The summed E-state index contributed by atoms with van der Waals surface area (Å²) >= 11 is 0. The second-order valence-corrected chi connectivity index (χ2v) is 4.00. The molecule has 1 aromatic rings. The van der Waals surface area contributed by atoms with E-state index >= 15 is 0 Å². The van der Waals surface area contributed by atoms with Gasteiger partial charge in [0.1, 0.15) is 0 Å². The molecule has 0 aliphatic rings. The Morgan fingerprint density at radius 1 is 1.33 bits per heavy atom. The van der Waals surface area contributed by atoms with Crippen molar-refractivity contribution in [2.45, 2.75) is 32.7 Å². The van der Waals surface area contributed by atoms with Crippen molar-refractivity contribution in [3.63, 3.8) is 0 Å². The number of benzene rings is 1. The van der Waals surface area contributed by atoms with E-state index < -0.39 is 0 Å². The first-order valence-corrected chi connectivity index (χ1v) is 5.69. The van der Waals surface area contributed by atoms with Crippen LogP contribution in [0.5, 0.6) is 0 Å². The van der Waals surface area contributed by atoms with Gasteiger partial charge in [0.25, 0.3) is 0 Å². The van der Waals surface area contributed by atoms with Gasteiger partial charge in [-0.05, 0) is 25.5 Å². The van der Waals surface area contributed by atoms with Gasteiger partial charge in [-0.2, -0.15) is 0 Å². The SMILES string of the molecule is C=C(C)C(NCCCC)c1ccccc1. The van der Waals surface area contributed by atoms with Crippen LogP contribution in [0.1, 0.15) is 38.3 Å². The highest BCUT2D eigenvalue weighted by Crippen LogP contribution is 2.19. The van der Waals surface area contributed by atoms with Crippen molar-refractivity contribution in [2.24, 2.45) is 0 Å². The Bertz CT molecular complexity index is 289. The van der Waals surface area contributed by atoms with Crippen LogP contribution >= 0.6 is 0 Å². The minimum Gasteiger partial charge on any atom is -0.307 e. The Kier molecular flexibility index (Phi) is 5.13. The van der Waals surface area contributed by atoms with Crippen LogP contribution in [-0.4, -0.2) is 6.54 Å². The summed E-state index contributed by atoms with van der Waals surface area (Å²) in [6.07, 6.45) is 2.45. The lowest BCUT2D eigenvalue weighted by molar-refractivity contribution is 0.572. The first-order chi connectivity index (χ1) is 7.25. The number of hydrogen-bond donors (Lipinski definition) is 1. The zero-order valence-corrected chi connectivity index (χ0v) is 9.79. The van der Waals surface area contributed by atoms with E-state index in [4.69, 9.17) is 0 Å². The zero-order chi connectivity index (χ0) is 11.1. The molecule has 1 unspecified atom stereocenters. The molecule has 0 aliphatic carbocycles. The van der Waals surface area contributed by atoms with Crippen LogP contribution in [0, 0.1) is 0 Å². The van der Waals surface area contributed by atoms with E-state index in [1.807, 2.05) is 6.07 Å². The highest BCUT2D eigenvalue weighted by atomic mass is 14.9. The van der Waals surface area contributed by atoms with Crippen LogP contribution in [0.2, 0.25) is 0 Å². The molecule has 0 aliphatic heterocycles. The molecule has 1 nitrogen and oxygen atoms in total. The average Bonchev–Trinajstić information content (AvgIpc) is 2.25. The van der Waals surface area contributed by atoms with Crippen molar-refractivity contribution in [2.75, 3.05) is 6.54 Å². The molecule has 1 N–H and O–H groups in total. The first kappa shape index (κ1) is 12.0. The summed E-state index contributed by atoms with van der Waals surface area (Å²) in [4.78, 5) is 0. The van der Waals surface area contributed by atoms with Crippen LogP contribution in [0.4, 0.5) is 0 Å². The van der Waals surface area contributed by atoms with Gasteiger partial charge in [0.2, 0.25) is 0 Å². The Morgan fingerprint density at radius 2 is 2.00 bits per heavy atom. The summed E-state index contributed by atoms with van der Waals surface area (Å²) in [5, 5.41) is 3.54. The zero-order valence-electron chi connectivity index (χ0n) is 9.79. The Labute approximate surface area is 93.2 Å². The minimum absolute atomic E-state index is 0.303. The van der Waals surface area contributed by atoms with Crippen molar-refractivity contribution < 1.29 is 0 Å². The van der Waals surface area contributed by atoms with Gasteiger partial charge < -0.3 is 5.32 Å². The van der Waals surface area contributed by atoms with Crippen molar-refractivity contribution in [3.8, 4) is 0 Å². The van der Waals surface area contributed by atoms with Gasteiger partial charge in [0, 0.05) is 0 Å². The van der Waals surface area contributed by atoms with Crippen LogP contribution < -0.4 is 5.32 Å². The van der Waals surface area contributed by atoms with E-state index in [0.717, 1.165) is 6.54 Å². The average molecular weight is 203 g/mol. The van der Waals surface area contributed by atoms with E-state index in [1.165, 1.54) is 24.0 Å². The van der Waals surface area contributed by atoms with Gasteiger partial charge in [-0.15, -0.1) is 0 Å². The van der Waals surface area contributed by atoms with Crippen molar-refractivity contribution in [1.82, 2.24) is 5.32 Å². The molecule has 0 saturated carbocycles. The molecule has 1 rings (SSSR count). The topological polar surface area (TPSA) is 12.0 Å². The maximum atomic E-state index is 4.05. The van der Waals surface area contributed by atoms with Gasteiger partial charge in [-0.1, -0.05) is 55.8 Å². The second-order valence-electron chi connectivity index (χ2n) is 4.00. The summed E-state index contributed by atoms with van der Waals surface area (Å²) in [6.45, 7) is 9.39. The van der Waals surface area contributed by atoms with Crippen LogP contribution in [0.25, 0.3) is 0 Å². The molecule has 82 valence electrons. The third-order valence-corrected chi connectivity index (χ3v) is 2.50. The molecular formula is C14H21N. The summed E-state index contributed by atoms with van der Waals surface area (Å²) in [7, 11) is 0. The Balaban J connectivity index is 2.62. The molecule has 0 fully saturated rings. The van der Waals surface area contributed by atoms with Crippen molar-refractivity contribution >= 4 is 0 Å². The lowest BCUT2D eigenvalue weighted by Gasteiger charge is -2.19. The Morgan fingerprint density at radius 3 is 2.53 bits per heavy atom. The second kappa shape index (κ2) is 6.41. The molecule has 0 aromatic heterocycles. The van der Waals surface area contributed by atoms with E-state index in [-0.39, 0.29) is 0 Å². The summed E-state index contributed by atoms with van der Waals surface area (Å²) in [5.74, 6) is 0. The summed E-state index contributed by atoms with van der Waals surface area (Å²) in [5.41, 5.74) is 2.48. The fourth-order valence-corrected chi connectivity index (χ4v) is 1.65. The maximum absolute atomic E-state index is 4.05. The molecule has 0 saturated heterocycles. The fourth-order valence-electron chi connectivity index (χ4n) is 1.65. The molecule has 0 heterocycles. The maximum Gasteiger partial charge on any atom is 0.0530 e. The molecule has 0 radical (unpaired) electrons. The predicted molar refractivity (Wildman–Crippen MR) is 66.9 cm³/mol. The largest absolute Gasteiger partial charge is 0.307 e. The highest BCUT2D eigenvalue weighted by molar-refractivity contribution is 5.25.